The highest BCUT2D eigenvalue weighted by Gasteiger charge is 2.16. The van der Waals surface area contributed by atoms with Crippen LogP contribution in [0.2, 0.25) is 0 Å². The van der Waals surface area contributed by atoms with Gasteiger partial charge in [-0.05, 0) is 44.4 Å². The van der Waals surface area contributed by atoms with Crippen molar-refractivity contribution in [2.24, 2.45) is 5.73 Å². The minimum absolute atomic E-state index is 0.138. The summed E-state index contributed by atoms with van der Waals surface area (Å²) < 4.78 is 5.76. The molecule has 0 aromatic heterocycles. The van der Waals surface area contributed by atoms with Crippen LogP contribution < -0.4 is 15.8 Å². The smallest absolute Gasteiger partial charge is 0.260 e. The standard InChI is InChI=1S/C14H22N2O2/c1-9-5-6-10(2)13(11(9)3)18-12(4)14(17)16-8-7-15/h5-6,12H,7-8,15H2,1-4H3,(H,16,17). The summed E-state index contributed by atoms with van der Waals surface area (Å²) in [6.07, 6.45) is -0.518. The van der Waals surface area contributed by atoms with Crippen LogP contribution in [0, 0.1) is 20.8 Å². The number of carbonyl (C=O) groups is 1. The summed E-state index contributed by atoms with van der Waals surface area (Å²) in [4.78, 5) is 11.7. The van der Waals surface area contributed by atoms with Gasteiger partial charge in [-0.15, -0.1) is 0 Å². The lowest BCUT2D eigenvalue weighted by molar-refractivity contribution is -0.127. The fraction of sp³-hybridized carbons (Fsp3) is 0.500. The van der Waals surface area contributed by atoms with E-state index in [4.69, 9.17) is 10.5 Å². The molecule has 0 radical (unpaired) electrons. The van der Waals surface area contributed by atoms with Gasteiger partial charge in [0, 0.05) is 13.1 Å². The van der Waals surface area contributed by atoms with Crippen molar-refractivity contribution in [1.29, 1.82) is 0 Å². The number of benzene rings is 1. The van der Waals surface area contributed by atoms with Crippen LogP contribution >= 0.6 is 0 Å². The Kier molecular flexibility index (Phi) is 5.16. The molecule has 1 aromatic rings. The van der Waals surface area contributed by atoms with Crippen LogP contribution in [0.5, 0.6) is 5.75 Å². The summed E-state index contributed by atoms with van der Waals surface area (Å²) in [5, 5.41) is 2.72. The number of nitrogens with two attached hydrogens (primary N) is 1. The zero-order valence-corrected chi connectivity index (χ0v) is 11.5. The SMILES string of the molecule is Cc1ccc(C)c(OC(C)C(=O)NCCN)c1C. The molecule has 18 heavy (non-hydrogen) atoms. The Morgan fingerprint density at radius 3 is 2.56 bits per heavy atom. The van der Waals surface area contributed by atoms with Crippen molar-refractivity contribution >= 4 is 5.91 Å². The van der Waals surface area contributed by atoms with E-state index in [2.05, 4.69) is 11.4 Å². The van der Waals surface area contributed by atoms with Gasteiger partial charge in [0.05, 0.1) is 0 Å². The van der Waals surface area contributed by atoms with Crippen molar-refractivity contribution in [2.75, 3.05) is 13.1 Å². The largest absolute Gasteiger partial charge is 0.480 e. The maximum atomic E-state index is 11.7. The highest BCUT2D eigenvalue weighted by atomic mass is 16.5. The maximum Gasteiger partial charge on any atom is 0.260 e. The molecule has 0 saturated carbocycles. The molecule has 4 heteroatoms. The van der Waals surface area contributed by atoms with Crippen LogP contribution in [0.3, 0.4) is 0 Å². The first kappa shape index (κ1) is 14.5. The third-order valence-electron chi connectivity index (χ3n) is 2.98. The lowest BCUT2D eigenvalue weighted by atomic mass is 10.1. The van der Waals surface area contributed by atoms with Crippen LogP contribution in [0.25, 0.3) is 0 Å². The van der Waals surface area contributed by atoms with E-state index in [1.807, 2.05) is 26.8 Å². The molecule has 3 N–H and O–H groups in total. The molecule has 0 aliphatic rings. The molecule has 1 unspecified atom stereocenters. The van der Waals surface area contributed by atoms with E-state index < -0.39 is 6.10 Å². The molecule has 1 atom stereocenters. The Bertz CT molecular complexity index is 430. The molecular formula is C14H22N2O2. The molecular weight excluding hydrogens is 228 g/mol. The quantitative estimate of drug-likeness (QED) is 0.831. The first-order valence-electron chi connectivity index (χ1n) is 6.18. The third kappa shape index (κ3) is 3.47. The Hall–Kier alpha value is -1.55. The van der Waals surface area contributed by atoms with Crippen LogP contribution in [0.15, 0.2) is 12.1 Å². The van der Waals surface area contributed by atoms with Crippen molar-refractivity contribution in [1.82, 2.24) is 5.32 Å². The second kappa shape index (κ2) is 6.40. The van der Waals surface area contributed by atoms with Crippen molar-refractivity contribution in [2.45, 2.75) is 33.8 Å². The van der Waals surface area contributed by atoms with E-state index in [1.54, 1.807) is 6.92 Å². The number of hydrogen-bond donors (Lipinski definition) is 2. The first-order chi connectivity index (χ1) is 8.47. The third-order valence-corrected chi connectivity index (χ3v) is 2.98. The second-order valence-corrected chi connectivity index (χ2v) is 4.49. The number of carbonyl (C=O) groups excluding carboxylic acids is 1. The number of amides is 1. The average molecular weight is 250 g/mol. The highest BCUT2D eigenvalue weighted by Crippen LogP contribution is 2.26. The van der Waals surface area contributed by atoms with Gasteiger partial charge in [-0.3, -0.25) is 4.79 Å². The van der Waals surface area contributed by atoms with Gasteiger partial charge in [0.2, 0.25) is 0 Å². The maximum absolute atomic E-state index is 11.7. The topological polar surface area (TPSA) is 64.3 Å². The second-order valence-electron chi connectivity index (χ2n) is 4.49. The molecule has 1 amide bonds. The zero-order chi connectivity index (χ0) is 13.7. The van der Waals surface area contributed by atoms with Gasteiger partial charge in [-0.25, -0.2) is 0 Å². The molecule has 0 spiro atoms. The molecule has 4 nitrogen and oxygen atoms in total. The summed E-state index contributed by atoms with van der Waals surface area (Å²) in [7, 11) is 0. The Labute approximate surface area is 109 Å². The molecule has 0 fully saturated rings. The van der Waals surface area contributed by atoms with Gasteiger partial charge < -0.3 is 15.8 Å². The zero-order valence-electron chi connectivity index (χ0n) is 11.5. The first-order valence-corrected chi connectivity index (χ1v) is 6.18. The van der Waals surface area contributed by atoms with Gasteiger partial charge in [0.25, 0.3) is 5.91 Å². The van der Waals surface area contributed by atoms with Gasteiger partial charge >= 0.3 is 0 Å². The minimum Gasteiger partial charge on any atom is -0.480 e. The number of nitrogens with one attached hydrogen (secondary N) is 1. The summed E-state index contributed by atoms with van der Waals surface area (Å²) in [6.45, 7) is 8.65. The molecule has 0 bridgehead atoms. The molecule has 1 aromatic carbocycles. The average Bonchev–Trinajstić information content (AvgIpc) is 2.36. The van der Waals surface area contributed by atoms with E-state index in [0.29, 0.717) is 13.1 Å². The number of aryl methyl sites for hydroxylation is 2. The molecule has 0 aliphatic heterocycles. The molecule has 1 rings (SSSR count). The van der Waals surface area contributed by atoms with Crippen molar-refractivity contribution < 1.29 is 9.53 Å². The van der Waals surface area contributed by atoms with E-state index in [1.165, 1.54) is 0 Å². The van der Waals surface area contributed by atoms with E-state index in [-0.39, 0.29) is 5.91 Å². The lowest BCUT2D eigenvalue weighted by Crippen LogP contribution is -2.39. The Balaban J connectivity index is 2.78. The predicted molar refractivity (Wildman–Crippen MR) is 72.8 cm³/mol. The number of hydrogen-bond acceptors (Lipinski definition) is 3. The van der Waals surface area contributed by atoms with Gasteiger partial charge in [-0.2, -0.15) is 0 Å². The minimum atomic E-state index is -0.518. The number of rotatable bonds is 5. The fourth-order valence-electron chi connectivity index (χ4n) is 1.68. The summed E-state index contributed by atoms with van der Waals surface area (Å²) in [5.41, 5.74) is 8.62. The van der Waals surface area contributed by atoms with Crippen molar-refractivity contribution in [3.8, 4) is 5.75 Å². The Morgan fingerprint density at radius 2 is 1.94 bits per heavy atom. The molecule has 0 aliphatic carbocycles. The van der Waals surface area contributed by atoms with Crippen LogP contribution in [0.4, 0.5) is 0 Å². The van der Waals surface area contributed by atoms with Crippen LogP contribution in [-0.4, -0.2) is 25.1 Å². The Morgan fingerprint density at radius 1 is 1.33 bits per heavy atom. The highest BCUT2D eigenvalue weighted by molar-refractivity contribution is 5.80. The lowest BCUT2D eigenvalue weighted by Gasteiger charge is -2.18. The van der Waals surface area contributed by atoms with Crippen molar-refractivity contribution in [3.05, 3.63) is 28.8 Å². The van der Waals surface area contributed by atoms with Crippen LogP contribution in [0.1, 0.15) is 23.6 Å². The van der Waals surface area contributed by atoms with E-state index in [0.717, 1.165) is 22.4 Å². The van der Waals surface area contributed by atoms with Gasteiger partial charge in [-0.1, -0.05) is 12.1 Å². The van der Waals surface area contributed by atoms with E-state index in [9.17, 15) is 4.79 Å². The van der Waals surface area contributed by atoms with Crippen LogP contribution in [-0.2, 0) is 4.79 Å². The van der Waals surface area contributed by atoms with Crippen molar-refractivity contribution in [3.63, 3.8) is 0 Å². The summed E-state index contributed by atoms with van der Waals surface area (Å²) in [5.74, 6) is 0.658. The molecule has 100 valence electrons. The fourth-order valence-corrected chi connectivity index (χ4v) is 1.68. The summed E-state index contributed by atoms with van der Waals surface area (Å²) >= 11 is 0. The molecule has 0 heterocycles. The normalized spacial score (nSPS) is 12.1. The van der Waals surface area contributed by atoms with Gasteiger partial charge in [0.15, 0.2) is 6.10 Å². The monoisotopic (exact) mass is 250 g/mol. The summed E-state index contributed by atoms with van der Waals surface area (Å²) in [6, 6.07) is 4.05. The number of ether oxygens (including phenoxy) is 1. The molecule has 0 saturated heterocycles. The van der Waals surface area contributed by atoms with E-state index >= 15 is 0 Å². The predicted octanol–water partition coefficient (Wildman–Crippen LogP) is 1.45. The van der Waals surface area contributed by atoms with Gasteiger partial charge in [0.1, 0.15) is 5.75 Å².